The standard InChI is InChI=1S/C15H27N3O4/c1-10(21-14(2,3)4)12(8-11(19)9-17-16)18-13(20)22-15(5,6)7/h9-10,12H,8H2,1-7H3,(H,18,20)/t10-,12-/m1/s1. The second kappa shape index (κ2) is 8.06. The van der Waals surface area contributed by atoms with Crippen molar-refractivity contribution >= 4 is 18.1 Å². The largest absolute Gasteiger partial charge is 0.444 e. The quantitative estimate of drug-likeness (QED) is 0.462. The van der Waals surface area contributed by atoms with Crippen molar-refractivity contribution < 1.29 is 23.9 Å². The van der Waals surface area contributed by atoms with Crippen LogP contribution in [0.4, 0.5) is 4.79 Å². The van der Waals surface area contributed by atoms with Crippen molar-refractivity contribution in [3.8, 4) is 0 Å². The molecule has 7 heteroatoms. The number of amides is 1. The maximum atomic E-state index is 11.9. The third-order valence-electron chi connectivity index (χ3n) is 2.43. The molecule has 0 fully saturated rings. The summed E-state index contributed by atoms with van der Waals surface area (Å²) in [6, 6.07) is -0.598. The summed E-state index contributed by atoms with van der Waals surface area (Å²) in [6.45, 7) is 12.7. The Hall–Kier alpha value is -1.72. The molecule has 22 heavy (non-hydrogen) atoms. The molecule has 0 aromatic rings. The zero-order chi connectivity index (χ0) is 17.6. The Kier molecular flexibility index (Phi) is 7.43. The second-order valence-corrected chi connectivity index (χ2v) is 7.10. The van der Waals surface area contributed by atoms with E-state index in [9.17, 15) is 9.59 Å². The maximum Gasteiger partial charge on any atom is 0.407 e. The number of hydrogen-bond donors (Lipinski definition) is 1. The van der Waals surface area contributed by atoms with Gasteiger partial charge >= 0.3 is 12.3 Å². The van der Waals surface area contributed by atoms with E-state index in [2.05, 4.69) is 10.1 Å². The van der Waals surface area contributed by atoms with Gasteiger partial charge in [-0.05, 0) is 48.5 Å². The summed E-state index contributed by atoms with van der Waals surface area (Å²) in [5, 5.41) is 2.63. The van der Waals surface area contributed by atoms with E-state index in [0.717, 1.165) is 6.21 Å². The molecular weight excluding hydrogens is 286 g/mol. The molecule has 7 nitrogen and oxygen atoms in total. The monoisotopic (exact) mass is 313 g/mol. The molecule has 0 aliphatic carbocycles. The van der Waals surface area contributed by atoms with Crippen LogP contribution in [0.15, 0.2) is 0 Å². The van der Waals surface area contributed by atoms with Crippen molar-refractivity contribution in [3.05, 3.63) is 5.53 Å². The van der Waals surface area contributed by atoms with Crippen LogP contribution in [-0.2, 0) is 14.3 Å². The predicted octanol–water partition coefficient (Wildman–Crippen LogP) is 2.34. The number of rotatable bonds is 6. The molecule has 0 aromatic carbocycles. The average Bonchev–Trinajstić information content (AvgIpc) is 2.23. The molecular formula is C15H27N3O4. The fourth-order valence-electron chi connectivity index (χ4n) is 1.77. The van der Waals surface area contributed by atoms with E-state index in [1.807, 2.05) is 20.8 Å². The molecule has 0 unspecified atom stereocenters. The molecule has 0 aliphatic rings. The lowest BCUT2D eigenvalue weighted by molar-refractivity contribution is -0.119. The molecule has 1 N–H and O–H groups in total. The number of carbonyl (C=O) groups excluding carboxylic acids is 2. The fraction of sp³-hybridized carbons (Fsp3) is 0.800. The van der Waals surface area contributed by atoms with Gasteiger partial charge in [-0.3, -0.25) is 4.79 Å². The molecule has 0 spiro atoms. The minimum Gasteiger partial charge on any atom is -0.444 e. The summed E-state index contributed by atoms with van der Waals surface area (Å²) < 4.78 is 11.0. The van der Waals surface area contributed by atoms with Gasteiger partial charge in [-0.25, -0.2) is 4.79 Å². The molecule has 0 bridgehead atoms. The average molecular weight is 313 g/mol. The van der Waals surface area contributed by atoms with Gasteiger partial charge in [0.05, 0.1) is 17.7 Å². The van der Waals surface area contributed by atoms with Crippen LogP contribution in [0.3, 0.4) is 0 Å². The number of hydrogen-bond acceptors (Lipinski definition) is 4. The normalized spacial score (nSPS) is 14.5. The van der Waals surface area contributed by atoms with Crippen LogP contribution in [0.25, 0.3) is 5.53 Å². The van der Waals surface area contributed by atoms with E-state index >= 15 is 0 Å². The van der Waals surface area contributed by atoms with Gasteiger partial charge in [0.25, 0.3) is 0 Å². The van der Waals surface area contributed by atoms with E-state index in [1.165, 1.54) is 0 Å². The summed E-state index contributed by atoms with van der Waals surface area (Å²) >= 11 is 0. The van der Waals surface area contributed by atoms with Crippen LogP contribution in [0.2, 0.25) is 0 Å². The summed E-state index contributed by atoms with van der Waals surface area (Å²) in [5.74, 6) is -0.423. The van der Waals surface area contributed by atoms with Gasteiger partial charge in [0, 0.05) is 6.42 Å². The minimum atomic E-state index is -0.640. The van der Waals surface area contributed by atoms with Crippen LogP contribution in [0, 0.1) is 0 Å². The van der Waals surface area contributed by atoms with E-state index in [4.69, 9.17) is 15.0 Å². The first-order valence-corrected chi connectivity index (χ1v) is 7.21. The Labute approximate surface area is 132 Å². The predicted molar refractivity (Wildman–Crippen MR) is 82.8 cm³/mol. The Morgan fingerprint density at radius 1 is 1.18 bits per heavy atom. The van der Waals surface area contributed by atoms with Crippen LogP contribution in [0.5, 0.6) is 0 Å². The van der Waals surface area contributed by atoms with Crippen molar-refractivity contribution in [3.63, 3.8) is 0 Å². The third kappa shape index (κ3) is 10.1. The van der Waals surface area contributed by atoms with Gasteiger partial charge in [0.15, 0.2) is 0 Å². The van der Waals surface area contributed by atoms with Crippen molar-refractivity contribution in [2.45, 2.75) is 78.2 Å². The number of nitrogens with zero attached hydrogens (tertiary/aromatic N) is 2. The SMILES string of the molecule is C[C@@H](OC(C)(C)C)[C@@H](CC(=O)C=[N+]=[N-])NC(=O)OC(C)(C)C. The van der Waals surface area contributed by atoms with Crippen LogP contribution in [0.1, 0.15) is 54.9 Å². The van der Waals surface area contributed by atoms with E-state index in [1.54, 1.807) is 27.7 Å². The topological polar surface area (TPSA) is 101 Å². The number of carbonyl (C=O) groups is 2. The highest BCUT2D eigenvalue weighted by Crippen LogP contribution is 2.15. The van der Waals surface area contributed by atoms with Gasteiger partial charge in [-0.2, -0.15) is 4.79 Å². The molecule has 2 atom stereocenters. The van der Waals surface area contributed by atoms with Crippen molar-refractivity contribution in [1.82, 2.24) is 5.32 Å². The zero-order valence-electron chi connectivity index (χ0n) is 14.5. The Balaban J connectivity index is 4.96. The summed E-state index contributed by atoms with van der Waals surface area (Å²) in [6.07, 6.45) is -0.312. The van der Waals surface area contributed by atoms with E-state index in [-0.39, 0.29) is 6.42 Å². The van der Waals surface area contributed by atoms with E-state index in [0.29, 0.717) is 0 Å². The Morgan fingerprint density at radius 2 is 1.73 bits per heavy atom. The van der Waals surface area contributed by atoms with Gasteiger partial charge < -0.3 is 20.3 Å². The number of Topliss-reactive ketones (excluding diaryl/α,β-unsaturated/α-hetero) is 1. The molecule has 0 radical (unpaired) electrons. The molecule has 0 rings (SSSR count). The minimum absolute atomic E-state index is 0.0550. The smallest absolute Gasteiger partial charge is 0.407 e. The summed E-state index contributed by atoms with van der Waals surface area (Å²) in [5.41, 5.74) is 7.35. The van der Waals surface area contributed by atoms with E-state index < -0.39 is 35.2 Å². The molecule has 0 aliphatic heterocycles. The van der Waals surface area contributed by atoms with Crippen molar-refractivity contribution in [1.29, 1.82) is 0 Å². The molecule has 0 heterocycles. The lowest BCUT2D eigenvalue weighted by atomic mass is 10.0. The summed E-state index contributed by atoms with van der Waals surface area (Å²) in [7, 11) is 0. The molecule has 1 amide bonds. The number of alkyl carbamates (subject to hydrolysis) is 1. The van der Waals surface area contributed by atoms with Gasteiger partial charge in [-0.15, -0.1) is 0 Å². The highest BCUT2D eigenvalue weighted by atomic mass is 16.6. The highest BCUT2D eigenvalue weighted by Gasteiger charge is 2.29. The first kappa shape index (κ1) is 20.3. The fourth-order valence-corrected chi connectivity index (χ4v) is 1.77. The lowest BCUT2D eigenvalue weighted by Crippen LogP contribution is -2.48. The Bertz CT molecular complexity index is 443. The lowest BCUT2D eigenvalue weighted by Gasteiger charge is -2.31. The van der Waals surface area contributed by atoms with Crippen LogP contribution >= 0.6 is 0 Å². The van der Waals surface area contributed by atoms with Crippen molar-refractivity contribution in [2.75, 3.05) is 0 Å². The number of nitrogens with one attached hydrogen (secondary N) is 1. The number of ether oxygens (including phenoxy) is 2. The zero-order valence-corrected chi connectivity index (χ0v) is 14.5. The molecule has 0 saturated heterocycles. The first-order chi connectivity index (χ1) is 9.84. The van der Waals surface area contributed by atoms with Gasteiger partial charge in [-0.1, -0.05) is 0 Å². The molecule has 0 aromatic heterocycles. The van der Waals surface area contributed by atoms with Crippen LogP contribution in [-0.4, -0.2) is 46.2 Å². The molecule has 126 valence electrons. The number of ketones is 1. The van der Waals surface area contributed by atoms with Gasteiger partial charge in [0.2, 0.25) is 5.78 Å². The Morgan fingerprint density at radius 3 is 2.14 bits per heavy atom. The summed E-state index contributed by atoms with van der Waals surface area (Å²) in [4.78, 5) is 26.2. The maximum absolute atomic E-state index is 11.9. The highest BCUT2D eigenvalue weighted by molar-refractivity contribution is 6.25. The van der Waals surface area contributed by atoms with Crippen molar-refractivity contribution in [2.24, 2.45) is 0 Å². The molecule has 0 saturated carbocycles. The second-order valence-electron chi connectivity index (χ2n) is 7.10. The van der Waals surface area contributed by atoms with Crippen LogP contribution < -0.4 is 5.32 Å². The third-order valence-corrected chi connectivity index (χ3v) is 2.43. The first-order valence-electron chi connectivity index (χ1n) is 7.21. The van der Waals surface area contributed by atoms with Gasteiger partial charge in [0.1, 0.15) is 5.60 Å².